The van der Waals surface area contributed by atoms with Gasteiger partial charge in [0, 0.05) is 33.9 Å². The standard InChI is InChI=1S/C38H27BN4/c1-4-14-28(15-5-1)37-40-41-38(43(37)31-18-8-3-9-19-31)29-24-26-32(27-25-29)42-35-22-12-10-20-33(35)39(30-16-6-2-7-17-30)34-21-11-13-23-36(34)42/h1-27H. The summed E-state index contributed by atoms with van der Waals surface area (Å²) in [6, 6.07) is 57.6. The summed E-state index contributed by atoms with van der Waals surface area (Å²) in [5.74, 6) is 1.62. The van der Waals surface area contributed by atoms with Crippen LogP contribution in [0.2, 0.25) is 0 Å². The van der Waals surface area contributed by atoms with Crippen LogP contribution in [0.4, 0.5) is 17.1 Å². The first-order valence-electron chi connectivity index (χ1n) is 14.6. The molecule has 0 fully saturated rings. The second-order valence-electron chi connectivity index (χ2n) is 10.7. The van der Waals surface area contributed by atoms with Crippen LogP contribution in [0.25, 0.3) is 28.5 Å². The third-order valence-corrected chi connectivity index (χ3v) is 8.20. The van der Waals surface area contributed by atoms with Gasteiger partial charge in [-0.2, -0.15) is 0 Å². The summed E-state index contributed by atoms with van der Waals surface area (Å²) < 4.78 is 2.14. The number of anilines is 3. The number of benzene rings is 6. The summed E-state index contributed by atoms with van der Waals surface area (Å²) in [7, 11) is 0. The van der Waals surface area contributed by atoms with Crippen LogP contribution in [0.15, 0.2) is 164 Å². The van der Waals surface area contributed by atoms with Gasteiger partial charge >= 0.3 is 0 Å². The van der Waals surface area contributed by atoms with Gasteiger partial charge in [-0.05, 0) is 59.5 Å². The van der Waals surface area contributed by atoms with E-state index in [0.29, 0.717) is 0 Å². The highest BCUT2D eigenvalue weighted by Crippen LogP contribution is 2.37. The Hall–Kier alpha value is -5.68. The van der Waals surface area contributed by atoms with Gasteiger partial charge in [-0.25, -0.2) is 0 Å². The van der Waals surface area contributed by atoms with Crippen LogP contribution < -0.4 is 21.3 Å². The number of fused-ring (bicyclic) bond motifs is 2. The molecule has 1 aliphatic rings. The van der Waals surface area contributed by atoms with Crippen molar-refractivity contribution in [3.63, 3.8) is 0 Å². The predicted octanol–water partition coefficient (Wildman–Crippen LogP) is 6.90. The number of nitrogens with zero attached hydrogens (tertiary/aromatic N) is 4. The molecule has 0 N–H and O–H groups in total. The zero-order valence-corrected chi connectivity index (χ0v) is 23.5. The average Bonchev–Trinajstić information content (AvgIpc) is 3.54. The topological polar surface area (TPSA) is 34.0 Å². The van der Waals surface area contributed by atoms with E-state index in [1.54, 1.807) is 0 Å². The highest BCUT2D eigenvalue weighted by Gasteiger charge is 2.34. The lowest BCUT2D eigenvalue weighted by atomic mass is 9.35. The molecule has 0 spiro atoms. The van der Waals surface area contributed by atoms with Crippen molar-refractivity contribution in [3.8, 4) is 28.5 Å². The first-order chi connectivity index (χ1) is 21.4. The van der Waals surface area contributed by atoms with Gasteiger partial charge in [-0.15, -0.1) is 10.2 Å². The normalized spacial score (nSPS) is 12.1. The Bertz CT molecular complexity index is 1970. The number of hydrogen-bond acceptors (Lipinski definition) is 3. The van der Waals surface area contributed by atoms with Crippen LogP contribution in [0.3, 0.4) is 0 Å². The molecule has 0 aliphatic carbocycles. The van der Waals surface area contributed by atoms with E-state index in [-0.39, 0.29) is 6.71 Å². The number of hydrogen-bond donors (Lipinski definition) is 0. The lowest BCUT2D eigenvalue weighted by Crippen LogP contribution is -2.57. The van der Waals surface area contributed by atoms with Gasteiger partial charge in [0.2, 0.25) is 6.71 Å². The lowest BCUT2D eigenvalue weighted by molar-refractivity contribution is 1.07. The Morgan fingerprint density at radius 1 is 0.395 bits per heavy atom. The molecule has 7 aromatic rings. The maximum atomic E-state index is 4.70. The van der Waals surface area contributed by atoms with Crippen LogP contribution in [-0.2, 0) is 0 Å². The van der Waals surface area contributed by atoms with Crippen molar-refractivity contribution >= 4 is 40.2 Å². The number of para-hydroxylation sites is 3. The smallest absolute Gasteiger partial charge is 0.246 e. The summed E-state index contributed by atoms with van der Waals surface area (Å²) in [5, 5.41) is 9.35. The molecule has 1 aliphatic heterocycles. The summed E-state index contributed by atoms with van der Waals surface area (Å²) >= 11 is 0. The SMILES string of the molecule is c1ccc(B2c3ccccc3N(c3ccc(-c4nnc(-c5ccccc5)n4-c4ccccc4)cc3)c3ccccc32)cc1. The molecular weight excluding hydrogens is 523 g/mol. The van der Waals surface area contributed by atoms with Crippen molar-refractivity contribution in [2.24, 2.45) is 0 Å². The van der Waals surface area contributed by atoms with Crippen molar-refractivity contribution < 1.29 is 0 Å². The zero-order valence-electron chi connectivity index (χ0n) is 23.5. The van der Waals surface area contributed by atoms with Gasteiger partial charge in [0.05, 0.1) is 0 Å². The van der Waals surface area contributed by atoms with Gasteiger partial charge in [-0.1, -0.05) is 121 Å². The quantitative estimate of drug-likeness (QED) is 0.219. The predicted molar refractivity (Wildman–Crippen MR) is 178 cm³/mol. The molecule has 43 heavy (non-hydrogen) atoms. The van der Waals surface area contributed by atoms with Gasteiger partial charge < -0.3 is 4.90 Å². The van der Waals surface area contributed by atoms with E-state index in [1.807, 2.05) is 36.4 Å². The van der Waals surface area contributed by atoms with E-state index >= 15 is 0 Å². The first kappa shape index (κ1) is 25.1. The minimum Gasteiger partial charge on any atom is -0.312 e. The molecule has 5 heteroatoms. The average molecular weight is 550 g/mol. The molecule has 2 heterocycles. The molecule has 0 amide bonds. The molecule has 4 nitrogen and oxygen atoms in total. The monoisotopic (exact) mass is 550 g/mol. The molecule has 0 bridgehead atoms. The van der Waals surface area contributed by atoms with Crippen molar-refractivity contribution in [2.45, 2.75) is 0 Å². The molecule has 0 saturated heterocycles. The fourth-order valence-corrected chi connectivity index (χ4v) is 6.28. The highest BCUT2D eigenvalue weighted by molar-refractivity contribution is 6.98. The summed E-state index contributed by atoms with van der Waals surface area (Å²) in [6.07, 6.45) is 0. The van der Waals surface area contributed by atoms with Gasteiger partial charge in [0.15, 0.2) is 11.6 Å². The molecule has 202 valence electrons. The molecule has 6 aromatic carbocycles. The number of aromatic nitrogens is 3. The Morgan fingerprint density at radius 3 is 1.44 bits per heavy atom. The second-order valence-corrected chi connectivity index (χ2v) is 10.7. The van der Waals surface area contributed by atoms with E-state index in [0.717, 1.165) is 34.2 Å². The van der Waals surface area contributed by atoms with Crippen molar-refractivity contribution in [1.29, 1.82) is 0 Å². The molecule has 0 unspecified atom stereocenters. The van der Waals surface area contributed by atoms with Crippen molar-refractivity contribution in [1.82, 2.24) is 14.8 Å². The number of rotatable bonds is 5. The van der Waals surface area contributed by atoms with E-state index in [9.17, 15) is 0 Å². The van der Waals surface area contributed by atoms with E-state index < -0.39 is 0 Å². The molecule has 1 aromatic heterocycles. The van der Waals surface area contributed by atoms with Crippen molar-refractivity contribution in [2.75, 3.05) is 4.90 Å². The van der Waals surface area contributed by atoms with Crippen LogP contribution in [0, 0.1) is 0 Å². The third kappa shape index (κ3) is 4.34. The van der Waals surface area contributed by atoms with Crippen molar-refractivity contribution in [3.05, 3.63) is 164 Å². The summed E-state index contributed by atoms with van der Waals surface area (Å²) in [6.45, 7) is 0.171. The Morgan fingerprint density at radius 2 is 0.860 bits per heavy atom. The Kier molecular flexibility index (Phi) is 6.19. The molecule has 0 radical (unpaired) electrons. The van der Waals surface area contributed by atoms with Crippen LogP contribution in [-0.4, -0.2) is 21.5 Å². The largest absolute Gasteiger partial charge is 0.312 e. The molecule has 0 atom stereocenters. The lowest BCUT2D eigenvalue weighted by Gasteiger charge is -2.37. The second kappa shape index (κ2) is 10.6. The summed E-state index contributed by atoms with van der Waals surface area (Å²) in [4.78, 5) is 2.38. The molecule has 0 saturated carbocycles. The Balaban J connectivity index is 1.24. The minimum absolute atomic E-state index is 0.171. The van der Waals surface area contributed by atoms with E-state index in [1.165, 1.54) is 27.8 Å². The van der Waals surface area contributed by atoms with Gasteiger partial charge in [-0.3, -0.25) is 4.57 Å². The molecular formula is C38H27BN4. The third-order valence-electron chi connectivity index (χ3n) is 8.20. The van der Waals surface area contributed by atoms with Crippen LogP contribution in [0.1, 0.15) is 0 Å². The zero-order chi connectivity index (χ0) is 28.6. The summed E-state index contributed by atoms with van der Waals surface area (Å²) in [5.41, 5.74) is 10.4. The van der Waals surface area contributed by atoms with E-state index in [2.05, 4.69) is 142 Å². The van der Waals surface area contributed by atoms with Gasteiger partial charge in [0.1, 0.15) is 0 Å². The fraction of sp³-hybridized carbons (Fsp3) is 0. The van der Waals surface area contributed by atoms with Crippen LogP contribution >= 0.6 is 0 Å². The Labute approximate surface area is 251 Å². The minimum atomic E-state index is 0.171. The fourth-order valence-electron chi connectivity index (χ4n) is 6.28. The first-order valence-corrected chi connectivity index (χ1v) is 14.6. The molecule has 8 rings (SSSR count). The maximum absolute atomic E-state index is 4.70. The highest BCUT2D eigenvalue weighted by atomic mass is 15.3. The van der Waals surface area contributed by atoms with E-state index in [4.69, 9.17) is 5.10 Å². The van der Waals surface area contributed by atoms with Gasteiger partial charge in [0.25, 0.3) is 0 Å². The van der Waals surface area contributed by atoms with Crippen LogP contribution in [0.5, 0.6) is 0 Å². The maximum Gasteiger partial charge on any atom is 0.246 e.